The van der Waals surface area contributed by atoms with E-state index in [4.69, 9.17) is 11.5 Å². The Kier molecular flexibility index (Phi) is 3.52. The van der Waals surface area contributed by atoms with Gasteiger partial charge in [0.25, 0.3) is 0 Å². The van der Waals surface area contributed by atoms with Gasteiger partial charge in [0, 0.05) is 11.7 Å². The number of nitrogens with one attached hydrogen (secondary N) is 2. The fraction of sp³-hybridized carbons (Fsp3) is 0.286. The van der Waals surface area contributed by atoms with Gasteiger partial charge >= 0.3 is 11.0 Å². The quantitative estimate of drug-likeness (QED) is 0.432. The Morgan fingerprint density at radius 3 is 2.50 bits per heavy atom. The summed E-state index contributed by atoms with van der Waals surface area (Å²) in [5.41, 5.74) is 11.0. The van der Waals surface area contributed by atoms with Crippen LogP contribution in [0.5, 0.6) is 0 Å². The molecule has 0 aliphatic heterocycles. The first kappa shape index (κ1) is 10.6. The van der Waals surface area contributed by atoms with Crippen molar-refractivity contribution in [2.75, 3.05) is 17.2 Å². The molecule has 0 saturated carbocycles. The molecule has 0 bridgehead atoms. The molecule has 1 aromatic rings. The second-order valence-electron chi connectivity index (χ2n) is 2.60. The topological polar surface area (TPSA) is 120 Å². The zero-order valence-corrected chi connectivity index (χ0v) is 8.19. The Labute approximate surface area is 84.7 Å². The van der Waals surface area contributed by atoms with Gasteiger partial charge in [0.2, 0.25) is 5.82 Å². The molecule has 0 radical (unpaired) electrons. The Balaban J connectivity index is 2.54. The molecular weight excluding hydrogens is 204 g/mol. The molecule has 14 heavy (non-hydrogen) atoms. The van der Waals surface area contributed by atoms with Crippen LogP contribution in [0.3, 0.4) is 0 Å². The molecule has 0 saturated heterocycles. The molecule has 0 spiro atoms. The van der Waals surface area contributed by atoms with E-state index >= 15 is 0 Å². The van der Waals surface area contributed by atoms with Crippen LogP contribution in [0, 0.1) is 0 Å². The highest BCUT2D eigenvalue weighted by molar-refractivity contribution is 7.98. The van der Waals surface area contributed by atoms with Crippen LogP contribution in [0.1, 0.15) is 6.42 Å². The molecule has 0 aliphatic rings. The molecule has 0 aliphatic carbocycles. The Morgan fingerprint density at radius 1 is 1.43 bits per heavy atom. The van der Waals surface area contributed by atoms with Crippen LogP contribution in [0.25, 0.3) is 0 Å². The third-order valence-electron chi connectivity index (χ3n) is 1.38. The monoisotopic (exact) mass is 215 g/mol. The third kappa shape index (κ3) is 3.48. The zero-order chi connectivity index (χ0) is 10.6. The molecule has 0 atom stereocenters. The number of hydrogen-bond donors (Lipinski definition) is 2. The SMILES string of the molecule is Nc1cc(N)[nH+]c(SCCC(=O)[O-])[nH+]1. The lowest BCUT2D eigenvalue weighted by atomic mass is 10.5. The van der Waals surface area contributed by atoms with Crippen LogP contribution in [0.2, 0.25) is 0 Å². The van der Waals surface area contributed by atoms with E-state index in [0.717, 1.165) is 0 Å². The number of carbonyl (C=O) groups is 1. The average Bonchev–Trinajstić information content (AvgIpc) is 2.01. The largest absolute Gasteiger partial charge is 0.550 e. The van der Waals surface area contributed by atoms with Crippen molar-refractivity contribution in [1.82, 2.24) is 0 Å². The summed E-state index contributed by atoms with van der Waals surface area (Å²) in [6.07, 6.45) is -0.0128. The van der Waals surface area contributed by atoms with Gasteiger partial charge in [-0.3, -0.25) is 5.73 Å². The number of carboxylic acids is 1. The average molecular weight is 215 g/mol. The van der Waals surface area contributed by atoms with Gasteiger partial charge in [-0.2, -0.15) is 9.97 Å². The molecule has 1 aromatic heterocycles. The fourth-order valence-corrected chi connectivity index (χ4v) is 1.69. The summed E-state index contributed by atoms with van der Waals surface area (Å²) in [6.45, 7) is 0. The summed E-state index contributed by atoms with van der Waals surface area (Å²) in [4.78, 5) is 15.8. The predicted octanol–water partition coefficient (Wildman–Crippen LogP) is -2.29. The lowest BCUT2D eigenvalue weighted by molar-refractivity contribution is -0.590. The van der Waals surface area contributed by atoms with Crippen molar-refractivity contribution in [2.24, 2.45) is 0 Å². The predicted molar refractivity (Wildman–Crippen MR) is 48.7 cm³/mol. The molecule has 1 heterocycles. The molecule has 6 nitrogen and oxygen atoms in total. The van der Waals surface area contributed by atoms with Gasteiger partial charge in [0.1, 0.15) is 6.07 Å². The van der Waals surface area contributed by atoms with Crippen molar-refractivity contribution in [1.29, 1.82) is 0 Å². The van der Waals surface area contributed by atoms with Gasteiger partial charge in [-0.05, 0) is 18.2 Å². The van der Waals surface area contributed by atoms with Crippen LogP contribution in [-0.4, -0.2) is 11.7 Å². The number of anilines is 2. The maximum Gasteiger partial charge on any atom is 0.374 e. The second-order valence-corrected chi connectivity index (χ2v) is 3.71. The number of carboxylic acid groups (broad SMARTS) is 1. The zero-order valence-electron chi connectivity index (χ0n) is 7.37. The molecule has 0 amide bonds. The number of carbonyl (C=O) groups excluding carboxylic acids is 1. The number of rotatable bonds is 4. The summed E-state index contributed by atoms with van der Waals surface area (Å²) in [7, 11) is 0. The Morgan fingerprint density at radius 2 is 2.00 bits per heavy atom. The highest BCUT2D eigenvalue weighted by Crippen LogP contribution is 2.09. The maximum atomic E-state index is 10.1. The van der Waals surface area contributed by atoms with E-state index in [1.165, 1.54) is 11.8 Å². The van der Waals surface area contributed by atoms with Gasteiger partial charge in [-0.1, -0.05) is 0 Å². The third-order valence-corrected chi connectivity index (χ3v) is 2.28. The highest BCUT2D eigenvalue weighted by Gasteiger charge is 2.10. The lowest BCUT2D eigenvalue weighted by Gasteiger charge is -1.97. The van der Waals surface area contributed by atoms with Crippen molar-refractivity contribution in [3.05, 3.63) is 6.07 Å². The summed E-state index contributed by atoms with van der Waals surface area (Å²) >= 11 is 1.29. The van der Waals surface area contributed by atoms with Crippen LogP contribution in [0.4, 0.5) is 11.6 Å². The van der Waals surface area contributed by atoms with Crippen molar-refractivity contribution in [3.63, 3.8) is 0 Å². The van der Waals surface area contributed by atoms with Crippen molar-refractivity contribution < 1.29 is 19.9 Å². The van der Waals surface area contributed by atoms with Gasteiger partial charge in [0.05, 0.1) is 0 Å². The molecule has 76 valence electrons. The van der Waals surface area contributed by atoms with E-state index in [2.05, 4.69) is 9.97 Å². The van der Waals surface area contributed by atoms with E-state index in [0.29, 0.717) is 22.5 Å². The second kappa shape index (κ2) is 4.66. The minimum absolute atomic E-state index is 0.0128. The van der Waals surface area contributed by atoms with E-state index in [1.807, 2.05) is 0 Å². The number of aromatic amines is 2. The van der Waals surface area contributed by atoms with Gasteiger partial charge < -0.3 is 15.6 Å². The van der Waals surface area contributed by atoms with Crippen LogP contribution in [0.15, 0.2) is 11.2 Å². The van der Waals surface area contributed by atoms with E-state index in [-0.39, 0.29) is 6.42 Å². The first-order valence-corrected chi connectivity index (χ1v) is 4.89. The van der Waals surface area contributed by atoms with E-state index in [1.54, 1.807) is 6.07 Å². The minimum Gasteiger partial charge on any atom is -0.550 e. The minimum atomic E-state index is -1.07. The summed E-state index contributed by atoms with van der Waals surface area (Å²) < 4.78 is 0. The van der Waals surface area contributed by atoms with Crippen molar-refractivity contribution in [2.45, 2.75) is 11.6 Å². The number of aromatic nitrogens is 2. The normalized spacial score (nSPS) is 10.0. The van der Waals surface area contributed by atoms with Crippen molar-refractivity contribution in [3.8, 4) is 0 Å². The Bertz CT molecular complexity index is 324. The highest BCUT2D eigenvalue weighted by atomic mass is 32.2. The summed E-state index contributed by atoms with van der Waals surface area (Å²) in [6, 6.07) is 1.54. The maximum absolute atomic E-state index is 10.1. The van der Waals surface area contributed by atoms with Gasteiger partial charge in [-0.15, -0.1) is 0 Å². The number of nitrogen functional groups attached to an aromatic ring is 2. The summed E-state index contributed by atoms with van der Waals surface area (Å²) in [5.74, 6) is 0.182. The van der Waals surface area contributed by atoms with Gasteiger partial charge in [0.15, 0.2) is 0 Å². The molecule has 6 N–H and O–H groups in total. The van der Waals surface area contributed by atoms with E-state index in [9.17, 15) is 9.90 Å². The number of aliphatic carboxylic acids is 1. The molecule has 7 heteroatoms. The lowest BCUT2D eigenvalue weighted by Crippen LogP contribution is -2.27. The van der Waals surface area contributed by atoms with E-state index < -0.39 is 5.97 Å². The van der Waals surface area contributed by atoms with Crippen LogP contribution in [-0.2, 0) is 4.79 Å². The first-order chi connectivity index (χ1) is 6.58. The van der Waals surface area contributed by atoms with Crippen LogP contribution >= 0.6 is 11.8 Å². The van der Waals surface area contributed by atoms with Gasteiger partial charge in [-0.25, -0.2) is 0 Å². The number of hydrogen-bond acceptors (Lipinski definition) is 5. The molecule has 0 unspecified atom stereocenters. The Hall–Kier alpha value is -1.50. The number of H-pyrrole nitrogens is 2. The van der Waals surface area contributed by atoms with Crippen molar-refractivity contribution >= 4 is 29.4 Å². The molecule has 0 aromatic carbocycles. The standard InChI is InChI=1S/C7H10N4O2S/c8-4-3-5(9)11-7(10-4)14-2-1-6(12)13/h3H,1-2H2,(H,12,13)(H4,8,9,10,11)/p+1. The first-order valence-electron chi connectivity index (χ1n) is 3.91. The fourth-order valence-electron chi connectivity index (χ4n) is 0.842. The summed E-state index contributed by atoms with van der Waals surface area (Å²) in [5, 5.41) is 10.8. The molecule has 0 fully saturated rings. The van der Waals surface area contributed by atoms with Crippen LogP contribution < -0.4 is 26.5 Å². The molecule has 1 rings (SSSR count). The number of nitrogens with two attached hydrogens (primary N) is 2. The number of thioether (sulfide) groups is 1. The smallest absolute Gasteiger partial charge is 0.374 e. The molecular formula is C7H11N4O2S+.